The summed E-state index contributed by atoms with van der Waals surface area (Å²) in [4.78, 5) is 17.1. The van der Waals surface area contributed by atoms with Crippen LogP contribution in [0.2, 0.25) is 0 Å². The molecule has 1 aliphatic rings. The van der Waals surface area contributed by atoms with Crippen molar-refractivity contribution in [2.45, 2.75) is 45.3 Å². The average molecular weight is 451 g/mol. The number of rotatable bonds is 7. The average Bonchev–Trinajstić information content (AvgIpc) is 2.85. The molecular formula is C26H34N4O3. The molecule has 176 valence electrons. The second-order valence-corrected chi connectivity index (χ2v) is 8.45. The topological polar surface area (TPSA) is 98.0 Å². The standard InChI is InChI=1S/C26H34N4O3/c1-19-11-7-6-8-12-20(17-28-19)15-21(30-25(31)33-26(2,3)4)18-29-23(16-27)22-13-9-10-14-24(22)32-5/h6-11,13-14,16-18,21,28H,1,12,15,27H2,2-5H3,(H,30,31)/b8-6-,11-7?,20-17+,23-16-,29-18?. The number of nitrogens with one attached hydrogen (secondary N) is 2. The van der Waals surface area contributed by atoms with Crippen LogP contribution in [0.5, 0.6) is 5.75 Å². The lowest BCUT2D eigenvalue weighted by Gasteiger charge is -2.22. The smallest absolute Gasteiger partial charge is 0.408 e. The first-order valence-electron chi connectivity index (χ1n) is 10.8. The highest BCUT2D eigenvalue weighted by Gasteiger charge is 2.20. The monoisotopic (exact) mass is 450 g/mol. The summed E-state index contributed by atoms with van der Waals surface area (Å²) >= 11 is 0. The molecule has 1 heterocycles. The molecule has 4 N–H and O–H groups in total. The highest BCUT2D eigenvalue weighted by molar-refractivity contribution is 5.81. The molecule has 0 fully saturated rings. The molecule has 1 aromatic carbocycles. The normalized spacial score (nSPS) is 18.2. The summed E-state index contributed by atoms with van der Waals surface area (Å²) in [6, 6.07) is 7.03. The van der Waals surface area contributed by atoms with Crippen LogP contribution in [0.25, 0.3) is 5.70 Å². The Bertz CT molecular complexity index is 981. The van der Waals surface area contributed by atoms with Gasteiger partial charge >= 0.3 is 6.09 Å². The first-order valence-corrected chi connectivity index (χ1v) is 10.8. The Morgan fingerprint density at radius 1 is 1.33 bits per heavy atom. The lowest BCUT2D eigenvalue weighted by Crippen LogP contribution is -2.40. The molecule has 0 bridgehead atoms. The number of alkyl carbamates (subject to hydrolysis) is 1. The molecule has 2 rings (SSSR count). The lowest BCUT2D eigenvalue weighted by atomic mass is 10.0. The van der Waals surface area contributed by atoms with E-state index in [2.05, 4.69) is 22.2 Å². The summed E-state index contributed by atoms with van der Waals surface area (Å²) in [5.74, 6) is 0.655. The van der Waals surface area contributed by atoms with Gasteiger partial charge in [-0.3, -0.25) is 4.99 Å². The van der Waals surface area contributed by atoms with E-state index in [9.17, 15) is 4.79 Å². The number of para-hydroxylation sites is 1. The van der Waals surface area contributed by atoms with Gasteiger partial charge in [-0.2, -0.15) is 0 Å². The molecule has 1 atom stereocenters. The van der Waals surface area contributed by atoms with Crippen molar-refractivity contribution in [1.29, 1.82) is 0 Å². The van der Waals surface area contributed by atoms with Gasteiger partial charge in [-0.1, -0.05) is 36.9 Å². The lowest BCUT2D eigenvalue weighted by molar-refractivity contribution is 0.0519. The molecule has 0 aromatic heterocycles. The third kappa shape index (κ3) is 9.11. The summed E-state index contributed by atoms with van der Waals surface area (Å²) < 4.78 is 10.9. The van der Waals surface area contributed by atoms with Crippen molar-refractivity contribution in [3.05, 3.63) is 84.4 Å². The fourth-order valence-corrected chi connectivity index (χ4v) is 3.03. The maximum absolute atomic E-state index is 12.5. The Labute approximate surface area is 196 Å². The number of benzene rings is 1. The van der Waals surface area contributed by atoms with E-state index in [1.807, 2.05) is 75.5 Å². The SMILES string of the molecule is C=C1C=C/C=C\C/C(CC(C=N/C(=C\N)c2ccccc2OC)NC(=O)OC(C)(C)C)=C\N1. The molecule has 0 aliphatic carbocycles. The van der Waals surface area contributed by atoms with Gasteiger partial charge in [0.15, 0.2) is 0 Å². The molecule has 7 heteroatoms. The van der Waals surface area contributed by atoms with Crippen LogP contribution in [-0.2, 0) is 4.74 Å². The number of aliphatic imine (C=N–C) groups is 1. The molecule has 0 radical (unpaired) electrons. The number of amides is 1. The van der Waals surface area contributed by atoms with Crippen molar-refractivity contribution in [3.8, 4) is 5.75 Å². The number of hydrogen-bond acceptors (Lipinski definition) is 6. The van der Waals surface area contributed by atoms with Crippen LogP contribution < -0.4 is 21.1 Å². The van der Waals surface area contributed by atoms with Crippen molar-refractivity contribution >= 4 is 18.0 Å². The molecular weight excluding hydrogens is 416 g/mol. The Balaban J connectivity index is 2.28. The van der Waals surface area contributed by atoms with Crippen LogP contribution in [0.4, 0.5) is 4.79 Å². The maximum Gasteiger partial charge on any atom is 0.408 e. The molecule has 0 saturated heterocycles. The molecule has 1 unspecified atom stereocenters. The summed E-state index contributed by atoms with van der Waals surface area (Å²) in [7, 11) is 1.59. The summed E-state index contributed by atoms with van der Waals surface area (Å²) in [6.07, 6.45) is 13.5. The van der Waals surface area contributed by atoms with E-state index in [0.717, 1.165) is 16.8 Å². The van der Waals surface area contributed by atoms with Crippen LogP contribution in [0.1, 0.15) is 39.2 Å². The van der Waals surface area contributed by atoms with Crippen LogP contribution in [-0.4, -0.2) is 31.1 Å². The second-order valence-electron chi connectivity index (χ2n) is 8.45. The van der Waals surface area contributed by atoms with Crippen molar-refractivity contribution in [1.82, 2.24) is 10.6 Å². The number of nitrogens with two attached hydrogens (primary N) is 1. The van der Waals surface area contributed by atoms with Gasteiger partial charge in [0.05, 0.1) is 18.8 Å². The number of ether oxygens (including phenoxy) is 2. The second kappa shape index (κ2) is 12.3. The van der Waals surface area contributed by atoms with Crippen LogP contribution in [0, 0.1) is 0 Å². The number of carbonyl (C=O) groups excluding carboxylic acids is 1. The van der Waals surface area contributed by atoms with Gasteiger partial charge in [0.2, 0.25) is 0 Å². The van der Waals surface area contributed by atoms with Gasteiger partial charge in [0.25, 0.3) is 0 Å². The Kier molecular flexibility index (Phi) is 9.54. The van der Waals surface area contributed by atoms with Crippen LogP contribution in [0.15, 0.2) is 83.8 Å². The van der Waals surface area contributed by atoms with Gasteiger partial charge in [-0.05, 0) is 57.4 Å². The van der Waals surface area contributed by atoms with Gasteiger partial charge in [-0.15, -0.1) is 0 Å². The minimum atomic E-state index is -0.614. The van der Waals surface area contributed by atoms with Crippen molar-refractivity contribution in [3.63, 3.8) is 0 Å². The van der Waals surface area contributed by atoms with E-state index >= 15 is 0 Å². The minimum Gasteiger partial charge on any atom is -0.496 e. The molecule has 0 spiro atoms. The molecule has 7 nitrogen and oxygen atoms in total. The number of nitrogens with zero attached hydrogens (tertiary/aromatic N) is 1. The minimum absolute atomic E-state index is 0.437. The highest BCUT2D eigenvalue weighted by Crippen LogP contribution is 2.26. The number of hydrogen-bond donors (Lipinski definition) is 3. The third-order valence-corrected chi connectivity index (χ3v) is 4.50. The number of carbonyl (C=O) groups is 1. The van der Waals surface area contributed by atoms with E-state index in [4.69, 9.17) is 15.2 Å². The quantitative estimate of drug-likeness (QED) is 0.518. The van der Waals surface area contributed by atoms with Gasteiger partial charge in [0, 0.05) is 29.9 Å². The Morgan fingerprint density at radius 2 is 2.09 bits per heavy atom. The first kappa shape index (κ1) is 25.5. The maximum atomic E-state index is 12.5. The zero-order valence-electron chi connectivity index (χ0n) is 19.8. The predicted octanol–water partition coefficient (Wildman–Crippen LogP) is 4.81. The summed E-state index contributed by atoms with van der Waals surface area (Å²) in [6.45, 7) is 9.42. The van der Waals surface area contributed by atoms with E-state index in [1.54, 1.807) is 13.3 Å². The van der Waals surface area contributed by atoms with E-state index in [-0.39, 0.29) is 0 Å². The largest absolute Gasteiger partial charge is 0.496 e. The summed E-state index contributed by atoms with van der Waals surface area (Å²) in [5, 5.41) is 6.07. The van der Waals surface area contributed by atoms with Crippen molar-refractivity contribution in [2.75, 3.05) is 7.11 Å². The predicted molar refractivity (Wildman–Crippen MR) is 135 cm³/mol. The zero-order chi connectivity index (χ0) is 24.3. The van der Waals surface area contributed by atoms with E-state index in [1.165, 1.54) is 6.20 Å². The number of methoxy groups -OCH3 is 1. The molecule has 0 saturated carbocycles. The fraction of sp³-hybridized carbons (Fsp3) is 0.308. The third-order valence-electron chi connectivity index (χ3n) is 4.50. The fourth-order valence-electron chi connectivity index (χ4n) is 3.03. The van der Waals surface area contributed by atoms with Crippen molar-refractivity contribution < 1.29 is 14.3 Å². The first-order chi connectivity index (χ1) is 15.7. The Morgan fingerprint density at radius 3 is 2.79 bits per heavy atom. The Hall–Kier alpha value is -3.74. The van der Waals surface area contributed by atoms with E-state index < -0.39 is 17.7 Å². The van der Waals surface area contributed by atoms with Gasteiger partial charge in [0.1, 0.15) is 11.4 Å². The highest BCUT2D eigenvalue weighted by atomic mass is 16.6. The summed E-state index contributed by atoms with van der Waals surface area (Å²) in [5.41, 5.74) is 8.36. The van der Waals surface area contributed by atoms with Crippen LogP contribution in [0.3, 0.4) is 0 Å². The zero-order valence-corrected chi connectivity index (χ0v) is 19.8. The van der Waals surface area contributed by atoms with Crippen LogP contribution >= 0.6 is 0 Å². The molecule has 1 aromatic rings. The molecule has 1 amide bonds. The van der Waals surface area contributed by atoms with Gasteiger partial charge < -0.3 is 25.8 Å². The molecule has 1 aliphatic heterocycles. The van der Waals surface area contributed by atoms with Crippen molar-refractivity contribution in [2.24, 2.45) is 10.7 Å². The number of allylic oxidation sites excluding steroid dienone is 4. The molecule has 33 heavy (non-hydrogen) atoms. The van der Waals surface area contributed by atoms with E-state index in [0.29, 0.717) is 24.3 Å². The van der Waals surface area contributed by atoms with Gasteiger partial charge in [-0.25, -0.2) is 4.79 Å².